The zero-order valence-electron chi connectivity index (χ0n) is 13.9. The molecule has 0 aliphatic carbocycles. The first-order valence-electron chi connectivity index (χ1n) is 7.52. The van der Waals surface area contributed by atoms with Crippen LogP contribution in [0.15, 0.2) is 0 Å². The molecule has 0 aromatic rings. The first kappa shape index (κ1) is 20.6. The van der Waals surface area contributed by atoms with Gasteiger partial charge in [0.1, 0.15) is 11.8 Å². The third kappa shape index (κ3) is 7.57. The van der Waals surface area contributed by atoms with E-state index in [0.29, 0.717) is 6.61 Å². The molecule has 2 atom stereocenters. The number of ether oxygens (including phenoxy) is 2. The summed E-state index contributed by atoms with van der Waals surface area (Å²) in [5.41, 5.74) is -0.123. The molecule has 1 fully saturated rings. The van der Waals surface area contributed by atoms with Crippen molar-refractivity contribution in [2.45, 2.75) is 50.0 Å². The van der Waals surface area contributed by atoms with Crippen LogP contribution in [0.3, 0.4) is 0 Å². The second kappa shape index (κ2) is 12.2. The van der Waals surface area contributed by atoms with Crippen molar-refractivity contribution in [1.29, 1.82) is 0 Å². The zero-order chi connectivity index (χ0) is 15.4. The Kier molecular flexibility index (Phi) is 12.6. The number of rotatable bonds is 10. The summed E-state index contributed by atoms with van der Waals surface area (Å²) in [4.78, 5) is 0. The molecule has 1 aliphatic rings. The summed E-state index contributed by atoms with van der Waals surface area (Å²) in [5, 5.41) is 1.34. The van der Waals surface area contributed by atoms with Crippen LogP contribution in [0.4, 0.5) is 0 Å². The van der Waals surface area contributed by atoms with Crippen LogP contribution in [0.5, 0.6) is 0 Å². The van der Waals surface area contributed by atoms with Gasteiger partial charge in [-0.1, -0.05) is 6.92 Å². The van der Waals surface area contributed by atoms with Gasteiger partial charge in [-0.2, -0.15) is 0 Å². The van der Waals surface area contributed by atoms with E-state index in [-0.39, 0.29) is 11.8 Å². The van der Waals surface area contributed by atoms with Crippen molar-refractivity contribution >= 4 is 26.5 Å². The molecule has 116 valence electrons. The zero-order valence-corrected chi connectivity index (χ0v) is 14.9. The molecule has 0 saturated carbocycles. The molecule has 1 aliphatic heterocycles. The standard InChI is InChI=1S/C9H20O5Si.C4H9.Li/c1-5-9(14-7-8-6-13-8)15(10-2,11-3)12-4;1-3-4-2;/h8-9H,5-7H2,1-4H3;1,3-4H2,2H3;. The van der Waals surface area contributed by atoms with Crippen molar-refractivity contribution < 1.29 is 22.8 Å². The molecule has 2 unspecified atom stereocenters. The molecule has 0 aromatic heterocycles. The van der Waals surface area contributed by atoms with Gasteiger partial charge in [-0.25, -0.2) is 0 Å². The molecule has 5 nitrogen and oxygen atoms in total. The normalized spacial score (nSPS) is 19.2. The summed E-state index contributed by atoms with van der Waals surface area (Å²) in [6.45, 7) is 5.61. The van der Waals surface area contributed by atoms with E-state index in [0.717, 1.165) is 13.0 Å². The van der Waals surface area contributed by atoms with E-state index in [1.54, 1.807) is 21.3 Å². The fourth-order valence-electron chi connectivity index (χ4n) is 1.86. The Morgan fingerprint density at radius 3 is 2.00 bits per heavy atom. The predicted octanol–water partition coefficient (Wildman–Crippen LogP) is 1.97. The van der Waals surface area contributed by atoms with Crippen molar-refractivity contribution in [3.8, 4) is 0 Å². The van der Waals surface area contributed by atoms with Crippen molar-refractivity contribution in [2.75, 3.05) is 34.5 Å². The van der Waals surface area contributed by atoms with Crippen molar-refractivity contribution in [3.05, 3.63) is 0 Å². The number of epoxide rings is 1. The van der Waals surface area contributed by atoms with E-state index in [4.69, 9.17) is 22.8 Å². The van der Waals surface area contributed by atoms with E-state index >= 15 is 0 Å². The van der Waals surface area contributed by atoms with Gasteiger partial charge >= 0.3 is 51.4 Å². The first-order valence-corrected chi connectivity index (χ1v) is 9.32. The maximum atomic E-state index is 5.72. The molecule has 0 spiro atoms. The van der Waals surface area contributed by atoms with Crippen molar-refractivity contribution in [3.63, 3.8) is 0 Å². The second-order valence-electron chi connectivity index (χ2n) is 4.76. The van der Waals surface area contributed by atoms with Crippen LogP contribution in [0.2, 0.25) is 5.09 Å². The summed E-state index contributed by atoms with van der Waals surface area (Å²) in [5.74, 6) is 0. The molecule has 7 heteroatoms. The van der Waals surface area contributed by atoms with E-state index < -0.39 is 8.80 Å². The van der Waals surface area contributed by atoms with Crippen molar-refractivity contribution in [2.24, 2.45) is 0 Å². The van der Waals surface area contributed by atoms with E-state index in [1.165, 1.54) is 17.9 Å². The summed E-state index contributed by atoms with van der Waals surface area (Å²) >= 11 is 2.21. The fourth-order valence-corrected chi connectivity index (χ4v) is 3.94. The van der Waals surface area contributed by atoms with Crippen LogP contribution in [0, 0.1) is 0 Å². The summed E-state index contributed by atoms with van der Waals surface area (Å²) in [7, 11) is 2.12. The first-order chi connectivity index (χ1) is 9.63. The topological polar surface area (TPSA) is 49.5 Å². The minimum absolute atomic E-state index is 0.123. The van der Waals surface area contributed by atoms with Crippen LogP contribution in [-0.4, -0.2) is 72.9 Å². The molecule has 1 heterocycles. The summed E-state index contributed by atoms with van der Waals surface area (Å²) in [6, 6.07) is 0. The number of unbranched alkanes of at least 4 members (excludes halogenated alkanes) is 1. The average Bonchev–Trinajstić information content (AvgIpc) is 3.30. The Morgan fingerprint density at radius 2 is 1.75 bits per heavy atom. The van der Waals surface area contributed by atoms with Crippen LogP contribution < -0.4 is 0 Å². The molecular weight excluding hydrogens is 271 g/mol. The summed E-state index contributed by atoms with van der Waals surface area (Å²) in [6.07, 6.45) is 3.78. The number of hydrogen-bond acceptors (Lipinski definition) is 5. The molecule has 20 heavy (non-hydrogen) atoms. The molecule has 1 saturated heterocycles. The third-order valence-corrected chi connectivity index (χ3v) is 6.28. The Bertz CT molecular complexity index is 215. The van der Waals surface area contributed by atoms with E-state index in [1.807, 2.05) is 6.92 Å². The van der Waals surface area contributed by atoms with Gasteiger partial charge in [0.25, 0.3) is 0 Å². The Hall–Kier alpha value is 0.614. The molecule has 1 rings (SSSR count). The van der Waals surface area contributed by atoms with Gasteiger partial charge in [-0.15, -0.1) is 0 Å². The molecular formula is C13H29LiO5Si. The quantitative estimate of drug-likeness (QED) is 0.456. The monoisotopic (exact) mass is 300 g/mol. The van der Waals surface area contributed by atoms with Gasteiger partial charge in [0, 0.05) is 21.3 Å². The molecule has 0 amide bonds. The molecule has 0 N–H and O–H groups in total. The molecule has 0 aromatic carbocycles. The van der Waals surface area contributed by atoms with Crippen LogP contribution in [-0.2, 0) is 22.8 Å². The second-order valence-corrected chi connectivity index (χ2v) is 7.83. The van der Waals surface area contributed by atoms with Crippen LogP contribution in [0.25, 0.3) is 0 Å². The van der Waals surface area contributed by atoms with Gasteiger partial charge in [0.2, 0.25) is 0 Å². The molecule has 0 radical (unpaired) electrons. The molecule has 0 bridgehead atoms. The summed E-state index contributed by atoms with van der Waals surface area (Å²) < 4.78 is 26.9. The predicted molar refractivity (Wildman–Crippen MR) is 82.0 cm³/mol. The Labute approximate surface area is 134 Å². The van der Waals surface area contributed by atoms with Crippen molar-refractivity contribution in [1.82, 2.24) is 0 Å². The Morgan fingerprint density at radius 1 is 1.20 bits per heavy atom. The SMILES string of the molecule is CCC(OCC1CO1)[Si](OC)(OC)OC.[Li][CH2]CCC. The van der Waals surface area contributed by atoms with E-state index in [9.17, 15) is 0 Å². The van der Waals surface area contributed by atoms with Gasteiger partial charge in [0.05, 0.1) is 13.2 Å². The minimum atomic E-state index is -2.66. The fraction of sp³-hybridized carbons (Fsp3) is 1.00. The van der Waals surface area contributed by atoms with Gasteiger partial charge < -0.3 is 22.8 Å². The third-order valence-electron chi connectivity index (χ3n) is 3.21. The Balaban J connectivity index is 0.000000621. The van der Waals surface area contributed by atoms with Gasteiger partial charge in [-0.3, -0.25) is 0 Å². The van der Waals surface area contributed by atoms with Crippen LogP contribution >= 0.6 is 0 Å². The van der Waals surface area contributed by atoms with Crippen LogP contribution in [0.1, 0.15) is 33.1 Å². The van der Waals surface area contributed by atoms with E-state index in [2.05, 4.69) is 24.6 Å². The number of hydrogen-bond donors (Lipinski definition) is 0. The van der Waals surface area contributed by atoms with Gasteiger partial charge in [0.15, 0.2) is 0 Å². The maximum absolute atomic E-state index is 5.72. The van der Waals surface area contributed by atoms with Gasteiger partial charge in [-0.05, 0) is 6.42 Å². The average molecular weight is 300 g/mol.